The van der Waals surface area contributed by atoms with Gasteiger partial charge >= 0.3 is 0 Å². The van der Waals surface area contributed by atoms with Crippen molar-refractivity contribution in [1.29, 1.82) is 0 Å². The Hall–Kier alpha value is -1.48. The molecule has 0 amide bonds. The van der Waals surface area contributed by atoms with Gasteiger partial charge in [0.2, 0.25) is 5.89 Å². The van der Waals surface area contributed by atoms with Gasteiger partial charge in [-0.05, 0) is 12.8 Å². The molecule has 0 radical (unpaired) electrons. The molecule has 0 aromatic carbocycles. The maximum absolute atomic E-state index is 11.2. The van der Waals surface area contributed by atoms with Crippen LogP contribution < -0.4 is 11.3 Å². The SMILES string of the molecule is CCCSc1nnc(CCCSc2nc(N)cc(=O)[nH]2)o1. The van der Waals surface area contributed by atoms with Gasteiger partial charge in [0.25, 0.3) is 10.8 Å². The van der Waals surface area contributed by atoms with Crippen LogP contribution in [-0.4, -0.2) is 31.7 Å². The van der Waals surface area contributed by atoms with Gasteiger partial charge < -0.3 is 15.1 Å². The third kappa shape index (κ3) is 5.43. The van der Waals surface area contributed by atoms with E-state index in [0.29, 0.717) is 22.7 Å². The smallest absolute Gasteiger partial charge is 0.276 e. The number of nitrogens with one attached hydrogen (secondary N) is 1. The van der Waals surface area contributed by atoms with Crippen molar-refractivity contribution in [2.45, 2.75) is 36.6 Å². The van der Waals surface area contributed by atoms with Crippen molar-refractivity contribution >= 4 is 29.3 Å². The fourth-order valence-corrected chi connectivity index (χ4v) is 2.96. The molecule has 114 valence electrons. The lowest BCUT2D eigenvalue weighted by Gasteiger charge is -2.00. The number of nitrogens with zero attached hydrogens (tertiary/aromatic N) is 3. The fraction of sp³-hybridized carbons (Fsp3) is 0.500. The summed E-state index contributed by atoms with van der Waals surface area (Å²) in [5.74, 6) is 2.64. The standard InChI is InChI=1S/C12H17N5O2S2/c1-2-5-21-12-17-16-10(19-12)4-3-6-20-11-14-8(13)7-9(18)15-11/h7H,2-6H2,1H3,(H3,13,14,15,18). The first-order valence-corrected chi connectivity index (χ1v) is 8.59. The molecule has 2 aromatic rings. The summed E-state index contributed by atoms with van der Waals surface area (Å²) < 4.78 is 5.51. The number of nitrogens with two attached hydrogens (primary N) is 1. The first-order valence-electron chi connectivity index (χ1n) is 6.62. The lowest BCUT2D eigenvalue weighted by Crippen LogP contribution is -2.09. The third-order valence-corrected chi connectivity index (χ3v) is 4.38. The van der Waals surface area contributed by atoms with Gasteiger partial charge in [-0.2, -0.15) is 0 Å². The average Bonchev–Trinajstić information content (AvgIpc) is 2.88. The van der Waals surface area contributed by atoms with Gasteiger partial charge in [-0.3, -0.25) is 4.79 Å². The molecular formula is C12H17N5O2S2. The number of rotatable bonds is 8. The Balaban J connectivity index is 1.74. The number of hydrogen-bond donors (Lipinski definition) is 2. The molecule has 0 spiro atoms. The number of anilines is 1. The summed E-state index contributed by atoms with van der Waals surface area (Å²) in [4.78, 5) is 17.9. The molecule has 7 nitrogen and oxygen atoms in total. The van der Waals surface area contributed by atoms with E-state index < -0.39 is 0 Å². The predicted octanol–water partition coefficient (Wildman–Crippen LogP) is 1.96. The molecule has 0 unspecified atom stereocenters. The Labute approximate surface area is 130 Å². The lowest BCUT2D eigenvalue weighted by molar-refractivity contribution is 0.412. The second-order valence-electron chi connectivity index (χ2n) is 4.24. The van der Waals surface area contributed by atoms with Crippen LogP contribution in [0, 0.1) is 0 Å². The number of hydrogen-bond acceptors (Lipinski definition) is 8. The Morgan fingerprint density at radius 2 is 2.19 bits per heavy atom. The summed E-state index contributed by atoms with van der Waals surface area (Å²) >= 11 is 3.02. The zero-order valence-corrected chi connectivity index (χ0v) is 13.3. The summed E-state index contributed by atoms with van der Waals surface area (Å²) in [6, 6.07) is 1.26. The minimum Gasteiger partial charge on any atom is -0.416 e. The minimum absolute atomic E-state index is 0.232. The van der Waals surface area contributed by atoms with Crippen LogP contribution in [0.2, 0.25) is 0 Å². The Bertz CT molecular complexity index is 628. The zero-order valence-electron chi connectivity index (χ0n) is 11.7. The molecule has 9 heteroatoms. The van der Waals surface area contributed by atoms with Crippen molar-refractivity contribution in [3.05, 3.63) is 22.3 Å². The van der Waals surface area contributed by atoms with Crippen LogP contribution in [0.4, 0.5) is 5.82 Å². The van der Waals surface area contributed by atoms with E-state index in [-0.39, 0.29) is 11.4 Å². The monoisotopic (exact) mass is 327 g/mol. The van der Waals surface area contributed by atoms with E-state index in [4.69, 9.17) is 10.2 Å². The van der Waals surface area contributed by atoms with Crippen molar-refractivity contribution in [2.75, 3.05) is 17.2 Å². The minimum atomic E-state index is -0.237. The molecule has 2 rings (SSSR count). The highest BCUT2D eigenvalue weighted by Gasteiger charge is 2.06. The van der Waals surface area contributed by atoms with Crippen molar-refractivity contribution in [3.63, 3.8) is 0 Å². The maximum Gasteiger partial charge on any atom is 0.276 e. The van der Waals surface area contributed by atoms with E-state index in [1.54, 1.807) is 11.8 Å². The summed E-state index contributed by atoms with van der Waals surface area (Å²) in [5.41, 5.74) is 5.28. The van der Waals surface area contributed by atoms with Crippen molar-refractivity contribution in [2.24, 2.45) is 0 Å². The topological polar surface area (TPSA) is 111 Å². The van der Waals surface area contributed by atoms with Crippen LogP contribution in [0.5, 0.6) is 0 Å². The number of thioether (sulfide) groups is 2. The first-order chi connectivity index (χ1) is 10.2. The number of nitrogen functional groups attached to an aromatic ring is 1. The quantitative estimate of drug-likeness (QED) is 0.430. The molecule has 0 bridgehead atoms. The molecular weight excluding hydrogens is 310 g/mol. The Morgan fingerprint density at radius 1 is 1.33 bits per heavy atom. The van der Waals surface area contributed by atoms with Gasteiger partial charge in [0.15, 0.2) is 5.16 Å². The predicted molar refractivity (Wildman–Crippen MR) is 83.6 cm³/mol. The zero-order chi connectivity index (χ0) is 15.1. The van der Waals surface area contributed by atoms with Gasteiger partial charge in [0, 0.05) is 24.0 Å². The van der Waals surface area contributed by atoms with Gasteiger partial charge in [-0.25, -0.2) is 4.98 Å². The van der Waals surface area contributed by atoms with Crippen LogP contribution in [0.25, 0.3) is 0 Å². The first kappa shape index (κ1) is 15.9. The van der Waals surface area contributed by atoms with Gasteiger partial charge in [0.1, 0.15) is 5.82 Å². The van der Waals surface area contributed by atoms with E-state index >= 15 is 0 Å². The molecule has 0 saturated heterocycles. The molecule has 2 heterocycles. The van der Waals surface area contributed by atoms with Crippen LogP contribution in [0.3, 0.4) is 0 Å². The summed E-state index contributed by atoms with van der Waals surface area (Å²) in [7, 11) is 0. The molecule has 0 atom stereocenters. The highest BCUT2D eigenvalue weighted by atomic mass is 32.2. The number of aromatic nitrogens is 4. The summed E-state index contributed by atoms with van der Waals surface area (Å²) in [6.45, 7) is 2.11. The third-order valence-electron chi connectivity index (χ3n) is 2.39. The largest absolute Gasteiger partial charge is 0.416 e. The van der Waals surface area contributed by atoms with Crippen LogP contribution in [-0.2, 0) is 6.42 Å². The number of aromatic amines is 1. The van der Waals surface area contributed by atoms with E-state index in [9.17, 15) is 4.79 Å². The average molecular weight is 327 g/mol. The molecule has 0 fully saturated rings. The second kappa shape index (κ2) is 8.08. The van der Waals surface area contributed by atoms with Gasteiger partial charge in [0.05, 0.1) is 0 Å². The van der Waals surface area contributed by atoms with Gasteiger partial charge in [-0.1, -0.05) is 30.4 Å². The highest BCUT2D eigenvalue weighted by molar-refractivity contribution is 7.99. The van der Waals surface area contributed by atoms with Crippen molar-refractivity contribution in [1.82, 2.24) is 20.2 Å². The molecule has 0 aliphatic heterocycles. The highest BCUT2D eigenvalue weighted by Crippen LogP contribution is 2.18. The van der Waals surface area contributed by atoms with Crippen LogP contribution in [0.1, 0.15) is 25.7 Å². The number of aryl methyl sites for hydroxylation is 1. The fourth-order valence-electron chi connectivity index (χ4n) is 1.50. The summed E-state index contributed by atoms with van der Waals surface area (Å²) in [5, 5.41) is 9.14. The molecule has 3 N–H and O–H groups in total. The van der Waals surface area contributed by atoms with Crippen LogP contribution >= 0.6 is 23.5 Å². The van der Waals surface area contributed by atoms with Gasteiger partial charge in [-0.15, -0.1) is 10.2 Å². The summed E-state index contributed by atoms with van der Waals surface area (Å²) in [6.07, 6.45) is 2.63. The van der Waals surface area contributed by atoms with E-state index in [0.717, 1.165) is 24.3 Å². The normalized spacial score (nSPS) is 10.9. The molecule has 2 aromatic heterocycles. The maximum atomic E-state index is 11.2. The van der Waals surface area contributed by atoms with E-state index in [1.807, 2.05) is 0 Å². The van der Waals surface area contributed by atoms with Crippen LogP contribution in [0.15, 0.2) is 25.7 Å². The number of H-pyrrole nitrogens is 1. The second-order valence-corrected chi connectivity index (χ2v) is 6.37. The van der Waals surface area contributed by atoms with E-state index in [1.165, 1.54) is 17.8 Å². The molecule has 0 aliphatic rings. The molecule has 21 heavy (non-hydrogen) atoms. The van der Waals surface area contributed by atoms with Crippen molar-refractivity contribution in [3.8, 4) is 0 Å². The molecule has 0 saturated carbocycles. The van der Waals surface area contributed by atoms with Crippen molar-refractivity contribution < 1.29 is 4.42 Å². The Kier molecular flexibility index (Phi) is 6.12. The molecule has 0 aliphatic carbocycles. The van der Waals surface area contributed by atoms with E-state index in [2.05, 4.69) is 27.1 Å². The Morgan fingerprint density at radius 3 is 2.95 bits per heavy atom. The lowest BCUT2D eigenvalue weighted by atomic mass is 10.3.